The molecule has 24 heavy (non-hydrogen) atoms. The standard InChI is InChI=1S/C20H25BrN2O/c1-19(22-10-3-2-4-11-22)12-14(13-19)23-16-7-5-6-15(21)17(16)20(8-9-20)18(23)24/h5-7,14H,2-4,8-13H2,1H3. The number of amides is 1. The summed E-state index contributed by atoms with van der Waals surface area (Å²) < 4.78 is 1.12. The fraction of sp³-hybridized carbons (Fsp3) is 0.650. The summed E-state index contributed by atoms with van der Waals surface area (Å²) in [7, 11) is 0. The molecule has 0 bridgehead atoms. The second-order valence-electron chi connectivity index (χ2n) is 8.50. The Morgan fingerprint density at radius 3 is 2.50 bits per heavy atom. The number of benzene rings is 1. The number of carbonyl (C=O) groups excluding carboxylic acids is 1. The molecule has 128 valence electrons. The molecule has 0 N–H and O–H groups in total. The maximum Gasteiger partial charge on any atom is 0.238 e. The van der Waals surface area contributed by atoms with Crippen LogP contribution in [0.1, 0.15) is 57.4 Å². The molecule has 3 fully saturated rings. The molecular weight excluding hydrogens is 364 g/mol. The topological polar surface area (TPSA) is 23.6 Å². The monoisotopic (exact) mass is 388 g/mol. The number of likely N-dealkylation sites (tertiary alicyclic amines) is 1. The van der Waals surface area contributed by atoms with Gasteiger partial charge in [-0.1, -0.05) is 28.4 Å². The van der Waals surface area contributed by atoms with E-state index in [1.54, 1.807) is 0 Å². The number of hydrogen-bond donors (Lipinski definition) is 0. The van der Waals surface area contributed by atoms with Crippen LogP contribution in [0.2, 0.25) is 0 Å². The minimum atomic E-state index is -0.188. The molecule has 4 heteroatoms. The number of carbonyl (C=O) groups is 1. The van der Waals surface area contributed by atoms with Crippen LogP contribution in [0.4, 0.5) is 5.69 Å². The highest BCUT2D eigenvalue weighted by atomic mass is 79.9. The number of rotatable bonds is 2. The Bertz CT molecular complexity index is 700. The van der Waals surface area contributed by atoms with Crippen LogP contribution in [-0.2, 0) is 10.2 Å². The van der Waals surface area contributed by atoms with Crippen molar-refractivity contribution < 1.29 is 4.79 Å². The summed E-state index contributed by atoms with van der Waals surface area (Å²) >= 11 is 3.70. The molecule has 0 aromatic heterocycles. The van der Waals surface area contributed by atoms with E-state index in [0.717, 1.165) is 30.2 Å². The van der Waals surface area contributed by atoms with Crippen LogP contribution < -0.4 is 4.90 Å². The van der Waals surface area contributed by atoms with Crippen molar-refractivity contribution in [1.29, 1.82) is 0 Å². The largest absolute Gasteiger partial charge is 0.308 e. The summed E-state index contributed by atoms with van der Waals surface area (Å²) in [5, 5.41) is 0. The van der Waals surface area contributed by atoms with E-state index in [2.05, 4.69) is 50.9 Å². The lowest BCUT2D eigenvalue weighted by atomic mass is 9.71. The van der Waals surface area contributed by atoms with Crippen molar-refractivity contribution in [1.82, 2.24) is 4.90 Å². The van der Waals surface area contributed by atoms with E-state index in [1.165, 1.54) is 43.6 Å². The van der Waals surface area contributed by atoms with Crippen LogP contribution in [0.25, 0.3) is 0 Å². The number of piperidine rings is 1. The highest BCUT2D eigenvalue weighted by Crippen LogP contribution is 2.61. The molecule has 1 aromatic rings. The minimum Gasteiger partial charge on any atom is -0.308 e. The Balaban J connectivity index is 1.41. The second-order valence-corrected chi connectivity index (χ2v) is 9.35. The normalized spacial score (nSPS) is 34.3. The van der Waals surface area contributed by atoms with Gasteiger partial charge in [0.25, 0.3) is 0 Å². The van der Waals surface area contributed by atoms with Crippen molar-refractivity contribution in [2.24, 2.45) is 0 Å². The molecule has 0 unspecified atom stereocenters. The van der Waals surface area contributed by atoms with Crippen LogP contribution in [-0.4, -0.2) is 35.5 Å². The van der Waals surface area contributed by atoms with E-state index in [4.69, 9.17) is 0 Å². The molecular formula is C20H25BrN2O. The lowest BCUT2D eigenvalue weighted by Crippen LogP contribution is -2.63. The summed E-state index contributed by atoms with van der Waals surface area (Å²) in [5.74, 6) is 0.370. The van der Waals surface area contributed by atoms with Gasteiger partial charge in [0.15, 0.2) is 0 Å². The minimum absolute atomic E-state index is 0.188. The number of nitrogens with zero attached hydrogens (tertiary/aromatic N) is 2. The molecule has 1 spiro atoms. The molecule has 5 rings (SSSR count). The average molecular weight is 389 g/mol. The molecule has 3 nitrogen and oxygen atoms in total. The summed E-state index contributed by atoms with van der Waals surface area (Å²) in [6.45, 7) is 4.89. The third kappa shape index (κ3) is 1.96. The first-order chi connectivity index (χ1) is 11.6. The molecule has 2 saturated carbocycles. The van der Waals surface area contributed by atoms with Crippen molar-refractivity contribution >= 4 is 27.5 Å². The molecule has 2 heterocycles. The zero-order valence-electron chi connectivity index (χ0n) is 14.4. The summed E-state index contributed by atoms with van der Waals surface area (Å²) in [6.07, 6.45) is 8.35. The average Bonchev–Trinajstić information content (AvgIpc) is 3.31. The van der Waals surface area contributed by atoms with Crippen LogP contribution in [0.15, 0.2) is 22.7 Å². The van der Waals surface area contributed by atoms with Gasteiger partial charge in [0, 0.05) is 27.3 Å². The van der Waals surface area contributed by atoms with E-state index < -0.39 is 0 Å². The van der Waals surface area contributed by atoms with Gasteiger partial charge in [-0.05, 0) is 70.7 Å². The van der Waals surface area contributed by atoms with Gasteiger partial charge < -0.3 is 4.90 Å². The SMILES string of the molecule is CC1(N2CCCCC2)CC(N2C(=O)C3(CC3)c3c(Br)cccc32)C1. The number of anilines is 1. The smallest absolute Gasteiger partial charge is 0.238 e. The molecule has 1 saturated heterocycles. The molecule has 0 radical (unpaired) electrons. The van der Waals surface area contributed by atoms with Crippen molar-refractivity contribution in [3.8, 4) is 0 Å². The molecule has 1 amide bonds. The van der Waals surface area contributed by atoms with Gasteiger partial charge in [0.05, 0.1) is 5.41 Å². The third-order valence-corrected chi connectivity index (χ3v) is 7.60. The van der Waals surface area contributed by atoms with Crippen LogP contribution in [0.3, 0.4) is 0 Å². The predicted octanol–water partition coefficient (Wildman–Crippen LogP) is 4.23. The van der Waals surface area contributed by atoms with Crippen LogP contribution >= 0.6 is 15.9 Å². The van der Waals surface area contributed by atoms with Crippen molar-refractivity contribution in [2.75, 3.05) is 18.0 Å². The summed E-state index contributed by atoms with van der Waals surface area (Å²) in [6, 6.07) is 6.71. The van der Waals surface area contributed by atoms with E-state index in [-0.39, 0.29) is 5.41 Å². The lowest BCUT2D eigenvalue weighted by Gasteiger charge is -2.55. The maximum atomic E-state index is 13.2. The molecule has 1 aromatic carbocycles. The second kappa shape index (κ2) is 5.07. The first kappa shape index (κ1) is 15.4. The molecule has 0 atom stereocenters. The third-order valence-electron chi connectivity index (χ3n) is 6.94. The Morgan fingerprint density at radius 2 is 1.83 bits per heavy atom. The lowest BCUT2D eigenvalue weighted by molar-refractivity contribution is -0.122. The van der Waals surface area contributed by atoms with Gasteiger partial charge >= 0.3 is 0 Å². The highest BCUT2D eigenvalue weighted by Gasteiger charge is 2.63. The zero-order chi connectivity index (χ0) is 16.5. The Labute approximate surface area is 152 Å². The number of hydrogen-bond acceptors (Lipinski definition) is 2. The fourth-order valence-electron chi connectivity index (χ4n) is 5.42. The van der Waals surface area contributed by atoms with Crippen LogP contribution in [0, 0.1) is 0 Å². The van der Waals surface area contributed by atoms with E-state index >= 15 is 0 Å². The van der Waals surface area contributed by atoms with Gasteiger partial charge in [0.2, 0.25) is 5.91 Å². The number of halogens is 1. The Morgan fingerprint density at radius 1 is 1.12 bits per heavy atom. The zero-order valence-corrected chi connectivity index (χ0v) is 15.9. The van der Waals surface area contributed by atoms with Gasteiger partial charge in [-0.25, -0.2) is 0 Å². The quantitative estimate of drug-likeness (QED) is 0.756. The van der Waals surface area contributed by atoms with Gasteiger partial charge in [-0.3, -0.25) is 9.69 Å². The van der Waals surface area contributed by atoms with E-state index in [9.17, 15) is 4.79 Å². The maximum absolute atomic E-state index is 13.2. The molecule has 4 aliphatic rings. The highest BCUT2D eigenvalue weighted by molar-refractivity contribution is 9.10. The molecule has 2 aliphatic heterocycles. The van der Waals surface area contributed by atoms with Crippen LogP contribution in [0.5, 0.6) is 0 Å². The Hall–Kier alpha value is -0.870. The predicted molar refractivity (Wildman–Crippen MR) is 99.4 cm³/mol. The van der Waals surface area contributed by atoms with E-state index in [1.807, 2.05) is 0 Å². The van der Waals surface area contributed by atoms with Gasteiger partial charge in [-0.15, -0.1) is 0 Å². The van der Waals surface area contributed by atoms with Crippen molar-refractivity contribution in [3.63, 3.8) is 0 Å². The summed E-state index contributed by atoms with van der Waals surface area (Å²) in [5.41, 5.74) is 2.56. The first-order valence-electron chi connectivity index (χ1n) is 9.43. The fourth-order valence-corrected chi connectivity index (χ4v) is 6.15. The Kier molecular flexibility index (Phi) is 3.25. The molecule has 2 aliphatic carbocycles. The van der Waals surface area contributed by atoms with Crippen molar-refractivity contribution in [2.45, 2.75) is 68.9 Å². The number of fused-ring (bicyclic) bond motifs is 2. The van der Waals surface area contributed by atoms with Gasteiger partial charge in [-0.2, -0.15) is 0 Å². The van der Waals surface area contributed by atoms with Crippen molar-refractivity contribution in [3.05, 3.63) is 28.2 Å². The summed E-state index contributed by atoms with van der Waals surface area (Å²) in [4.78, 5) is 18.1. The first-order valence-corrected chi connectivity index (χ1v) is 10.2. The van der Waals surface area contributed by atoms with E-state index in [0.29, 0.717) is 17.5 Å². The van der Waals surface area contributed by atoms with Gasteiger partial charge in [0.1, 0.15) is 0 Å².